The minimum absolute atomic E-state index is 0.0605. The summed E-state index contributed by atoms with van der Waals surface area (Å²) in [4.78, 5) is 19.7. The zero-order chi connectivity index (χ0) is 31.9. The number of hydrogen-bond acceptors (Lipinski definition) is 10. The molecule has 3 aliphatic rings. The Bertz CT molecular complexity index is 1310. The van der Waals surface area contributed by atoms with Gasteiger partial charge in [-0.2, -0.15) is 10.5 Å². The fourth-order valence-electron chi connectivity index (χ4n) is 4.15. The minimum Gasteiger partial charge on any atom is -0.185 e. The monoisotopic (exact) mass is 1200 g/mol. The van der Waals surface area contributed by atoms with Crippen molar-refractivity contribution in [2.45, 2.75) is 55.9 Å². The summed E-state index contributed by atoms with van der Waals surface area (Å²) in [6, 6.07) is 5.96. The average molecular weight is 1210 g/mol. The molecular weight excluding hydrogens is 1180 g/mol. The Hall–Kier alpha value is 1.06. The Labute approximate surface area is 319 Å². The first-order chi connectivity index (χ1) is 19.8. The van der Waals surface area contributed by atoms with E-state index in [2.05, 4.69) is 148 Å². The SMILES string of the molecule is CC#N.C[C@](N)(CC1=NCCC1)c1cc(Br)cs1.C[C@]1(c2cc(Br)cs2)N=C(N)N2CCN=C2C1Br.I[I-]I.N#CBr. The first kappa shape index (κ1) is 41.1. The van der Waals surface area contributed by atoms with Crippen LogP contribution in [0.1, 0.15) is 49.8 Å². The molecule has 0 saturated heterocycles. The van der Waals surface area contributed by atoms with Crippen LogP contribution in [0.5, 0.6) is 0 Å². The molecule has 42 heavy (non-hydrogen) atoms. The second-order valence-electron chi connectivity index (χ2n) is 9.14. The standard InChI is InChI=1S/C11H12Br2N4S.C11H15BrN2S.C2H3N.CBrN.I3/c1-11(7-4-6(12)5-18-7)8(13)9-15-2-3-17(9)10(14)16-11;1-11(13,6-9-3-2-4-14-9)10-5-8(12)7-15-10;1-2-3;2-1-3;1-3-2/h4-5,8H,2-3H2,1H3,(H2,14,16);5,7H,2-4,6,13H2,1H3;1H3;;/q;;;;-1/t8?,11-;11-;;;/m10.../s1. The van der Waals surface area contributed by atoms with E-state index in [1.165, 1.54) is 28.8 Å². The number of nitriles is 2. The molecule has 3 aliphatic heterocycles. The predicted molar refractivity (Wildman–Crippen MR) is 206 cm³/mol. The summed E-state index contributed by atoms with van der Waals surface area (Å²) in [5.41, 5.74) is 13.0. The van der Waals surface area contributed by atoms with Gasteiger partial charge in [0.15, 0.2) is 5.96 Å². The molecule has 0 amide bonds. The van der Waals surface area contributed by atoms with Crippen LogP contribution in [0.25, 0.3) is 0 Å². The third kappa shape index (κ3) is 12.7. The zero-order valence-corrected chi connectivity index (χ0v) is 37.4. The van der Waals surface area contributed by atoms with E-state index >= 15 is 0 Å². The van der Waals surface area contributed by atoms with Crippen LogP contribution in [0, 0.1) is 21.6 Å². The summed E-state index contributed by atoms with van der Waals surface area (Å²) in [7, 11) is 0. The summed E-state index contributed by atoms with van der Waals surface area (Å²) in [5, 5.41) is 18.7. The van der Waals surface area contributed by atoms with E-state index in [4.69, 9.17) is 27.0 Å². The molecule has 17 heteroatoms. The van der Waals surface area contributed by atoms with Crippen LogP contribution >= 0.6 is 124 Å². The largest absolute Gasteiger partial charge is 0.185 e. The third-order valence-electron chi connectivity index (χ3n) is 5.94. The Morgan fingerprint density at radius 2 is 1.76 bits per heavy atom. The smallest absolute Gasteiger partial charge is 0.142 e. The number of hydrogen-bond donors (Lipinski definition) is 2. The van der Waals surface area contributed by atoms with E-state index in [0.29, 0.717) is 19.2 Å². The first-order valence-corrected chi connectivity index (χ1v) is 29.8. The average Bonchev–Trinajstić information content (AvgIpc) is 3.73. The minimum atomic E-state index is -0.388. The molecule has 2 aromatic heterocycles. The Morgan fingerprint density at radius 1 is 1.19 bits per heavy atom. The van der Waals surface area contributed by atoms with Gasteiger partial charge in [-0.25, -0.2) is 4.99 Å². The van der Waals surface area contributed by atoms with Gasteiger partial charge in [0.05, 0.1) is 18.2 Å². The van der Waals surface area contributed by atoms with Crippen LogP contribution in [-0.4, -0.2) is 46.9 Å². The van der Waals surface area contributed by atoms with Crippen LogP contribution in [-0.2, 0) is 11.1 Å². The number of halogens is 7. The molecule has 5 heterocycles. The summed E-state index contributed by atoms with van der Waals surface area (Å²) >= 11 is 21.8. The van der Waals surface area contributed by atoms with E-state index in [1.807, 2.05) is 4.90 Å². The van der Waals surface area contributed by atoms with Gasteiger partial charge < -0.3 is 11.5 Å². The number of rotatable bonds is 4. The molecular formula is C25H30Br4I3N8S2-. The molecule has 0 saturated carbocycles. The normalized spacial score (nSPS) is 21.4. The summed E-state index contributed by atoms with van der Waals surface area (Å²) in [5.74, 6) is 1.56. The van der Waals surface area contributed by atoms with Crippen molar-refractivity contribution in [2.75, 3.05) is 19.6 Å². The second kappa shape index (κ2) is 21.0. The first-order valence-electron chi connectivity index (χ1n) is 12.1. The van der Waals surface area contributed by atoms with Gasteiger partial charge in [0.2, 0.25) is 0 Å². The molecule has 0 radical (unpaired) electrons. The number of fused-ring (bicyclic) bond motifs is 1. The van der Waals surface area contributed by atoms with Crippen LogP contribution in [0.15, 0.2) is 46.8 Å². The van der Waals surface area contributed by atoms with Crippen molar-refractivity contribution in [3.05, 3.63) is 41.6 Å². The van der Waals surface area contributed by atoms with Crippen molar-refractivity contribution in [2.24, 2.45) is 26.4 Å². The molecule has 0 spiro atoms. The van der Waals surface area contributed by atoms with E-state index in [-0.39, 0.29) is 15.9 Å². The van der Waals surface area contributed by atoms with Gasteiger partial charge in [-0.1, -0.05) is 15.9 Å². The molecule has 0 aromatic carbocycles. The summed E-state index contributed by atoms with van der Waals surface area (Å²) < 4.78 is 2.19. The van der Waals surface area contributed by atoms with E-state index in [0.717, 1.165) is 47.3 Å². The summed E-state index contributed by atoms with van der Waals surface area (Å²) in [6.07, 6.45) is 3.21. The van der Waals surface area contributed by atoms with Crippen molar-refractivity contribution < 1.29 is 13.3 Å². The maximum atomic E-state index is 7.32. The quantitative estimate of drug-likeness (QED) is 0.286. The molecule has 4 N–H and O–H groups in total. The number of alkyl halides is 1. The molecule has 3 atom stereocenters. The zero-order valence-electron chi connectivity index (χ0n) is 22.9. The fraction of sp³-hybridized carbons (Fsp3) is 0.480. The van der Waals surface area contributed by atoms with Crippen molar-refractivity contribution in [3.63, 3.8) is 0 Å². The molecule has 0 bridgehead atoms. The molecule has 8 nitrogen and oxygen atoms in total. The summed E-state index contributed by atoms with van der Waals surface area (Å²) in [6.45, 7) is 8.22. The van der Waals surface area contributed by atoms with Crippen molar-refractivity contribution in [1.29, 1.82) is 10.5 Å². The molecule has 2 aromatic rings. The Kier molecular flexibility index (Phi) is 20.6. The number of guanidine groups is 1. The number of nitrogens with zero attached hydrogens (tertiary/aromatic N) is 6. The third-order valence-corrected chi connectivity index (χ3v) is 11.1. The number of aliphatic imine (C=N–C) groups is 3. The number of thiophene rings is 2. The van der Waals surface area contributed by atoms with Gasteiger partial charge in [-0.05, 0) is 70.7 Å². The van der Waals surface area contributed by atoms with Crippen LogP contribution in [0.3, 0.4) is 0 Å². The van der Waals surface area contributed by atoms with Gasteiger partial charge in [0.1, 0.15) is 21.2 Å². The maximum Gasteiger partial charge on any atom is 0.142 e. The van der Waals surface area contributed by atoms with Crippen LogP contribution in [0.4, 0.5) is 0 Å². The van der Waals surface area contributed by atoms with Gasteiger partial charge in [-0.15, -0.1) is 22.7 Å². The van der Waals surface area contributed by atoms with Crippen molar-refractivity contribution >= 4 is 141 Å². The Morgan fingerprint density at radius 3 is 2.24 bits per heavy atom. The van der Waals surface area contributed by atoms with E-state index in [9.17, 15) is 0 Å². The van der Waals surface area contributed by atoms with Gasteiger partial charge in [0.25, 0.3) is 0 Å². The molecule has 1 unspecified atom stereocenters. The number of amidine groups is 1. The predicted octanol–water partition coefficient (Wildman–Crippen LogP) is 6.01. The van der Waals surface area contributed by atoms with Crippen LogP contribution in [0.2, 0.25) is 0 Å². The number of nitrogens with two attached hydrogens (primary N) is 2. The van der Waals surface area contributed by atoms with Gasteiger partial charge in [0, 0.05) is 77.5 Å². The van der Waals surface area contributed by atoms with Crippen LogP contribution < -0.4 is 24.7 Å². The Balaban J connectivity index is 0.000000332. The maximum absolute atomic E-state index is 7.32. The molecule has 232 valence electrons. The van der Waals surface area contributed by atoms with Gasteiger partial charge in [-0.3, -0.25) is 14.9 Å². The molecule has 5 rings (SSSR count). The van der Waals surface area contributed by atoms with Crippen molar-refractivity contribution in [1.82, 2.24) is 4.90 Å². The fourth-order valence-corrected chi connectivity index (χ4v) is 8.11. The second-order valence-corrected chi connectivity index (χ2v) is 30.3. The van der Waals surface area contributed by atoms with Gasteiger partial charge >= 0.3 is 50.5 Å². The van der Waals surface area contributed by atoms with E-state index < -0.39 is 0 Å². The molecule has 0 fully saturated rings. The molecule has 0 aliphatic carbocycles. The van der Waals surface area contributed by atoms with E-state index in [1.54, 1.807) is 33.7 Å². The van der Waals surface area contributed by atoms with Crippen molar-refractivity contribution in [3.8, 4) is 11.0 Å². The topological polar surface area (TPSA) is 140 Å².